The molecule has 20 heavy (non-hydrogen) atoms. The first-order valence-corrected chi connectivity index (χ1v) is 7.43. The predicted octanol–water partition coefficient (Wildman–Crippen LogP) is 2.87. The Morgan fingerprint density at radius 3 is 2.55 bits per heavy atom. The zero-order valence-corrected chi connectivity index (χ0v) is 14.0. The summed E-state index contributed by atoms with van der Waals surface area (Å²) in [5.74, 6) is -0.163. The maximum absolute atomic E-state index is 12.4. The molecule has 1 aromatic rings. The number of halogens is 1. The van der Waals surface area contributed by atoms with Crippen LogP contribution in [0.4, 0.5) is 5.69 Å². The number of hydrogen-bond acceptors (Lipinski definition) is 3. The Bertz CT molecular complexity index is 495. The average molecular weight is 343 g/mol. The molecule has 1 rings (SSSR count). The smallest absolute Gasteiger partial charge is 0.251 e. The number of aliphatic hydroxyl groups is 1. The lowest BCUT2D eigenvalue weighted by atomic mass is 9.84. The Hall–Kier alpha value is -1.07. The van der Waals surface area contributed by atoms with E-state index in [0.29, 0.717) is 17.7 Å². The molecule has 0 fully saturated rings. The maximum atomic E-state index is 12.4. The van der Waals surface area contributed by atoms with Crippen LogP contribution >= 0.6 is 15.9 Å². The summed E-state index contributed by atoms with van der Waals surface area (Å²) in [6.07, 6.45) is 0.526. The van der Waals surface area contributed by atoms with Gasteiger partial charge in [0.25, 0.3) is 5.91 Å². The Morgan fingerprint density at radius 1 is 1.45 bits per heavy atom. The van der Waals surface area contributed by atoms with Gasteiger partial charge in [0.2, 0.25) is 0 Å². The largest absolute Gasteiger partial charge is 0.398 e. The monoisotopic (exact) mass is 342 g/mol. The molecule has 0 radical (unpaired) electrons. The molecule has 0 saturated carbocycles. The first-order chi connectivity index (χ1) is 9.16. The van der Waals surface area contributed by atoms with E-state index in [2.05, 4.69) is 21.2 Å². The van der Waals surface area contributed by atoms with Crippen molar-refractivity contribution in [3.8, 4) is 0 Å². The van der Waals surface area contributed by atoms with Crippen molar-refractivity contribution in [3.05, 3.63) is 27.7 Å². The molecule has 1 unspecified atom stereocenters. The lowest BCUT2D eigenvalue weighted by molar-refractivity contribution is 0.0884. The molecule has 1 amide bonds. The van der Waals surface area contributed by atoms with Gasteiger partial charge in [-0.25, -0.2) is 0 Å². The molecule has 0 aliphatic heterocycles. The third-order valence-corrected chi connectivity index (χ3v) is 3.88. The summed E-state index contributed by atoms with van der Waals surface area (Å²) in [5, 5.41) is 12.1. The second-order valence-corrected chi connectivity index (χ2v) is 6.99. The second-order valence-electron chi connectivity index (χ2n) is 6.07. The summed E-state index contributed by atoms with van der Waals surface area (Å²) >= 11 is 3.35. The molecule has 1 aromatic carbocycles. The highest BCUT2D eigenvalue weighted by Gasteiger charge is 2.26. The van der Waals surface area contributed by atoms with E-state index in [9.17, 15) is 4.79 Å². The maximum Gasteiger partial charge on any atom is 0.251 e. The Labute approximate surface area is 128 Å². The highest BCUT2D eigenvalue weighted by Crippen LogP contribution is 2.25. The van der Waals surface area contributed by atoms with Crippen LogP contribution in [0.25, 0.3) is 0 Å². The highest BCUT2D eigenvalue weighted by atomic mass is 79.9. The van der Waals surface area contributed by atoms with Gasteiger partial charge in [-0.1, -0.05) is 36.7 Å². The highest BCUT2D eigenvalue weighted by molar-refractivity contribution is 9.10. The van der Waals surface area contributed by atoms with Crippen molar-refractivity contribution in [2.75, 3.05) is 12.3 Å². The standard InChI is InChI=1S/C15H23BrN2O2/c1-9-11(7-10(16)8-12(9)17)14(20)18-13(5-6-19)15(2,3)4/h7-8,13,19H,5-6,17H2,1-4H3,(H,18,20). The number of nitrogens with two attached hydrogens (primary N) is 1. The normalized spacial score (nSPS) is 13.1. The van der Waals surface area contributed by atoms with Gasteiger partial charge in [-0.2, -0.15) is 0 Å². The first kappa shape index (κ1) is 17.0. The van der Waals surface area contributed by atoms with Crippen LogP contribution in [0.3, 0.4) is 0 Å². The second kappa shape index (κ2) is 6.59. The van der Waals surface area contributed by atoms with Crippen molar-refractivity contribution < 1.29 is 9.90 Å². The van der Waals surface area contributed by atoms with Crippen LogP contribution in [-0.4, -0.2) is 23.7 Å². The Kier molecular flexibility index (Phi) is 5.59. The molecule has 0 aromatic heterocycles. The van der Waals surface area contributed by atoms with Gasteiger partial charge in [0.15, 0.2) is 0 Å². The minimum absolute atomic E-state index is 0.0435. The number of nitrogens with one attached hydrogen (secondary N) is 1. The van der Waals surface area contributed by atoms with Gasteiger partial charge in [0, 0.05) is 28.4 Å². The van der Waals surface area contributed by atoms with E-state index in [1.807, 2.05) is 27.7 Å². The third-order valence-electron chi connectivity index (χ3n) is 3.43. The number of amides is 1. The Balaban J connectivity index is 3.01. The van der Waals surface area contributed by atoms with Crippen LogP contribution in [0, 0.1) is 12.3 Å². The van der Waals surface area contributed by atoms with E-state index in [4.69, 9.17) is 10.8 Å². The van der Waals surface area contributed by atoms with Crippen LogP contribution in [-0.2, 0) is 0 Å². The molecule has 0 bridgehead atoms. The zero-order chi connectivity index (χ0) is 15.5. The number of rotatable bonds is 4. The zero-order valence-electron chi connectivity index (χ0n) is 12.5. The van der Waals surface area contributed by atoms with Crippen molar-refractivity contribution in [2.24, 2.45) is 5.41 Å². The van der Waals surface area contributed by atoms with E-state index in [-0.39, 0.29) is 24.0 Å². The fourth-order valence-corrected chi connectivity index (χ4v) is 2.50. The minimum atomic E-state index is -0.163. The minimum Gasteiger partial charge on any atom is -0.398 e. The summed E-state index contributed by atoms with van der Waals surface area (Å²) in [7, 11) is 0. The average Bonchev–Trinajstić information content (AvgIpc) is 2.31. The van der Waals surface area contributed by atoms with E-state index >= 15 is 0 Å². The van der Waals surface area contributed by atoms with Crippen LogP contribution < -0.4 is 11.1 Å². The van der Waals surface area contributed by atoms with E-state index < -0.39 is 0 Å². The van der Waals surface area contributed by atoms with E-state index in [0.717, 1.165) is 10.0 Å². The molecule has 0 spiro atoms. The number of nitrogen functional groups attached to an aromatic ring is 1. The molecule has 0 heterocycles. The van der Waals surface area contributed by atoms with Gasteiger partial charge in [-0.15, -0.1) is 0 Å². The Morgan fingerprint density at radius 2 is 2.05 bits per heavy atom. The molecular weight excluding hydrogens is 320 g/mol. The van der Waals surface area contributed by atoms with Crippen LogP contribution in [0.5, 0.6) is 0 Å². The van der Waals surface area contributed by atoms with Crippen LogP contribution in [0.1, 0.15) is 43.1 Å². The number of aliphatic hydroxyl groups excluding tert-OH is 1. The van der Waals surface area contributed by atoms with Crippen molar-refractivity contribution >= 4 is 27.5 Å². The lowest BCUT2D eigenvalue weighted by Gasteiger charge is -2.31. The fourth-order valence-electron chi connectivity index (χ4n) is 2.02. The number of carbonyl (C=O) groups is 1. The fraction of sp³-hybridized carbons (Fsp3) is 0.533. The van der Waals surface area contributed by atoms with Crippen molar-refractivity contribution in [3.63, 3.8) is 0 Å². The summed E-state index contributed by atoms with van der Waals surface area (Å²) in [5.41, 5.74) is 7.67. The summed E-state index contributed by atoms with van der Waals surface area (Å²) < 4.78 is 0.778. The predicted molar refractivity (Wildman–Crippen MR) is 85.7 cm³/mol. The number of carbonyl (C=O) groups excluding carboxylic acids is 1. The molecule has 5 heteroatoms. The summed E-state index contributed by atoms with van der Waals surface area (Å²) in [6, 6.07) is 3.44. The molecule has 0 aliphatic rings. The molecule has 1 atom stereocenters. The topological polar surface area (TPSA) is 75.4 Å². The first-order valence-electron chi connectivity index (χ1n) is 6.64. The van der Waals surface area contributed by atoms with Crippen molar-refractivity contribution in [2.45, 2.75) is 40.2 Å². The van der Waals surface area contributed by atoms with Crippen molar-refractivity contribution in [1.82, 2.24) is 5.32 Å². The molecular formula is C15H23BrN2O2. The van der Waals surface area contributed by atoms with Gasteiger partial charge in [-0.3, -0.25) is 4.79 Å². The lowest BCUT2D eigenvalue weighted by Crippen LogP contribution is -2.44. The molecule has 0 aliphatic carbocycles. The quantitative estimate of drug-likeness (QED) is 0.736. The molecule has 4 nitrogen and oxygen atoms in total. The van der Waals surface area contributed by atoms with Crippen LogP contribution in [0.2, 0.25) is 0 Å². The summed E-state index contributed by atoms with van der Waals surface area (Å²) in [6.45, 7) is 7.98. The van der Waals surface area contributed by atoms with Gasteiger partial charge < -0.3 is 16.2 Å². The SMILES string of the molecule is Cc1c(N)cc(Br)cc1C(=O)NC(CCO)C(C)(C)C. The number of hydrogen-bond donors (Lipinski definition) is 3. The molecule has 4 N–H and O–H groups in total. The molecule has 112 valence electrons. The van der Waals surface area contributed by atoms with E-state index in [1.54, 1.807) is 12.1 Å². The molecule has 0 saturated heterocycles. The van der Waals surface area contributed by atoms with Gasteiger partial charge in [0.1, 0.15) is 0 Å². The third kappa shape index (κ3) is 4.21. The van der Waals surface area contributed by atoms with Gasteiger partial charge in [-0.05, 0) is 36.5 Å². The van der Waals surface area contributed by atoms with Crippen LogP contribution in [0.15, 0.2) is 16.6 Å². The number of anilines is 1. The van der Waals surface area contributed by atoms with E-state index in [1.165, 1.54) is 0 Å². The van der Waals surface area contributed by atoms with Crippen molar-refractivity contribution in [1.29, 1.82) is 0 Å². The summed E-state index contributed by atoms with van der Waals surface area (Å²) in [4.78, 5) is 12.4. The van der Waals surface area contributed by atoms with Gasteiger partial charge in [0.05, 0.1) is 0 Å². The number of benzene rings is 1. The van der Waals surface area contributed by atoms with Gasteiger partial charge >= 0.3 is 0 Å².